The molecule has 2 N–H and O–H groups in total. The summed E-state index contributed by atoms with van der Waals surface area (Å²) in [5.41, 5.74) is 5.49. The predicted octanol–water partition coefficient (Wildman–Crippen LogP) is 2.21. The van der Waals surface area contributed by atoms with E-state index in [2.05, 4.69) is 9.97 Å². The number of hydrogen-bond acceptors (Lipinski definition) is 4. The minimum absolute atomic E-state index is 0.545. The van der Waals surface area contributed by atoms with Gasteiger partial charge in [-0.1, -0.05) is 11.8 Å². The SMILES string of the molecule is Nc1ccc(Sc2ccncc2)cn1. The Labute approximate surface area is 86.4 Å². The molecule has 0 atom stereocenters. The average molecular weight is 203 g/mol. The van der Waals surface area contributed by atoms with Gasteiger partial charge in [-0.15, -0.1) is 0 Å². The molecule has 3 nitrogen and oxygen atoms in total. The van der Waals surface area contributed by atoms with Crippen molar-refractivity contribution >= 4 is 17.6 Å². The van der Waals surface area contributed by atoms with Crippen LogP contribution >= 0.6 is 11.8 Å². The highest BCUT2D eigenvalue weighted by Crippen LogP contribution is 2.26. The molecule has 14 heavy (non-hydrogen) atoms. The van der Waals surface area contributed by atoms with Gasteiger partial charge in [0, 0.05) is 28.4 Å². The zero-order valence-corrected chi connectivity index (χ0v) is 8.24. The molecule has 0 aliphatic rings. The molecule has 2 rings (SSSR count). The van der Waals surface area contributed by atoms with E-state index >= 15 is 0 Å². The van der Waals surface area contributed by atoms with Crippen molar-refractivity contribution in [2.24, 2.45) is 0 Å². The molecule has 0 aromatic carbocycles. The van der Waals surface area contributed by atoms with Crippen LogP contribution < -0.4 is 5.73 Å². The molecule has 70 valence electrons. The van der Waals surface area contributed by atoms with Gasteiger partial charge in [0.25, 0.3) is 0 Å². The van der Waals surface area contributed by atoms with E-state index < -0.39 is 0 Å². The third-order valence-electron chi connectivity index (χ3n) is 1.64. The number of rotatable bonds is 2. The molecule has 0 saturated carbocycles. The van der Waals surface area contributed by atoms with Crippen LogP contribution in [-0.4, -0.2) is 9.97 Å². The summed E-state index contributed by atoms with van der Waals surface area (Å²) in [6, 6.07) is 7.67. The molecule has 0 aliphatic carbocycles. The van der Waals surface area contributed by atoms with Crippen LogP contribution in [0, 0.1) is 0 Å². The Morgan fingerprint density at radius 2 is 1.79 bits per heavy atom. The summed E-state index contributed by atoms with van der Waals surface area (Å²) in [5, 5.41) is 0. The summed E-state index contributed by atoms with van der Waals surface area (Å²) in [7, 11) is 0. The number of nitrogens with zero attached hydrogens (tertiary/aromatic N) is 2. The molecule has 4 heteroatoms. The number of nitrogens with two attached hydrogens (primary N) is 1. The smallest absolute Gasteiger partial charge is 0.123 e. The van der Waals surface area contributed by atoms with Crippen LogP contribution in [0.3, 0.4) is 0 Å². The average Bonchev–Trinajstić information content (AvgIpc) is 2.23. The summed E-state index contributed by atoms with van der Waals surface area (Å²) >= 11 is 1.64. The van der Waals surface area contributed by atoms with E-state index in [9.17, 15) is 0 Å². The normalized spacial score (nSPS) is 10.0. The highest BCUT2D eigenvalue weighted by atomic mass is 32.2. The van der Waals surface area contributed by atoms with Gasteiger partial charge in [0.05, 0.1) is 0 Å². The molecule has 0 bridgehead atoms. The molecule has 0 aliphatic heterocycles. The third kappa shape index (κ3) is 2.23. The number of hydrogen-bond donors (Lipinski definition) is 1. The largest absolute Gasteiger partial charge is 0.384 e. The first kappa shape index (κ1) is 9.02. The van der Waals surface area contributed by atoms with Crippen LogP contribution in [0.25, 0.3) is 0 Å². The van der Waals surface area contributed by atoms with Crippen molar-refractivity contribution in [3.8, 4) is 0 Å². The zero-order valence-electron chi connectivity index (χ0n) is 7.42. The Hall–Kier alpha value is -1.55. The number of pyridine rings is 2. The van der Waals surface area contributed by atoms with E-state index in [-0.39, 0.29) is 0 Å². The quantitative estimate of drug-likeness (QED) is 0.813. The summed E-state index contributed by atoms with van der Waals surface area (Å²) in [4.78, 5) is 10.2. The third-order valence-corrected chi connectivity index (χ3v) is 2.63. The summed E-state index contributed by atoms with van der Waals surface area (Å²) in [6.07, 6.45) is 5.31. The van der Waals surface area contributed by atoms with E-state index in [0.717, 1.165) is 9.79 Å². The van der Waals surface area contributed by atoms with Crippen LogP contribution in [0.5, 0.6) is 0 Å². The summed E-state index contributed by atoms with van der Waals surface area (Å²) < 4.78 is 0. The maximum atomic E-state index is 5.49. The van der Waals surface area contributed by atoms with Crippen molar-refractivity contribution in [3.63, 3.8) is 0 Å². The lowest BCUT2D eigenvalue weighted by atomic mass is 10.5. The van der Waals surface area contributed by atoms with Crippen molar-refractivity contribution in [3.05, 3.63) is 42.9 Å². The standard InChI is InChI=1S/C10H9N3S/c11-10-2-1-9(7-13-10)14-8-3-5-12-6-4-8/h1-7H,(H2,11,13). The Balaban J connectivity index is 2.16. The van der Waals surface area contributed by atoms with Crippen LogP contribution in [-0.2, 0) is 0 Å². The first-order valence-corrected chi connectivity index (χ1v) is 4.95. The number of nitrogen functional groups attached to an aromatic ring is 1. The highest BCUT2D eigenvalue weighted by molar-refractivity contribution is 7.99. The first-order chi connectivity index (χ1) is 6.84. The summed E-state index contributed by atoms with van der Waals surface area (Å²) in [5.74, 6) is 0.545. The first-order valence-electron chi connectivity index (χ1n) is 4.14. The molecule has 0 saturated heterocycles. The second kappa shape index (κ2) is 4.11. The lowest BCUT2D eigenvalue weighted by Crippen LogP contribution is -1.87. The van der Waals surface area contributed by atoms with Crippen molar-refractivity contribution in [1.82, 2.24) is 9.97 Å². The monoisotopic (exact) mass is 203 g/mol. The molecule has 2 aromatic heterocycles. The molecule has 2 aromatic rings. The van der Waals surface area contributed by atoms with Gasteiger partial charge in [0.15, 0.2) is 0 Å². The van der Waals surface area contributed by atoms with Crippen LogP contribution in [0.2, 0.25) is 0 Å². The maximum Gasteiger partial charge on any atom is 0.123 e. The van der Waals surface area contributed by atoms with Crippen molar-refractivity contribution in [2.45, 2.75) is 9.79 Å². The van der Waals surface area contributed by atoms with E-state index in [0.29, 0.717) is 5.82 Å². The molecular weight excluding hydrogens is 194 g/mol. The Morgan fingerprint density at radius 1 is 1.00 bits per heavy atom. The van der Waals surface area contributed by atoms with E-state index in [4.69, 9.17) is 5.73 Å². The molecule has 0 radical (unpaired) electrons. The van der Waals surface area contributed by atoms with Gasteiger partial charge in [-0.3, -0.25) is 4.98 Å². The molecule has 0 unspecified atom stereocenters. The van der Waals surface area contributed by atoms with Gasteiger partial charge in [0.1, 0.15) is 5.82 Å². The lowest BCUT2D eigenvalue weighted by Gasteiger charge is -2.00. The van der Waals surface area contributed by atoms with Crippen molar-refractivity contribution in [1.29, 1.82) is 0 Å². The van der Waals surface area contributed by atoms with Gasteiger partial charge in [-0.2, -0.15) is 0 Å². The topological polar surface area (TPSA) is 51.8 Å². The van der Waals surface area contributed by atoms with Gasteiger partial charge < -0.3 is 5.73 Å². The fourth-order valence-corrected chi connectivity index (χ4v) is 1.77. The zero-order chi connectivity index (χ0) is 9.80. The Morgan fingerprint density at radius 3 is 2.43 bits per heavy atom. The number of aromatic nitrogens is 2. The minimum atomic E-state index is 0.545. The van der Waals surface area contributed by atoms with E-state index in [1.165, 1.54) is 0 Å². The fourth-order valence-electron chi connectivity index (χ4n) is 0.994. The molecule has 0 amide bonds. The van der Waals surface area contributed by atoms with Crippen LogP contribution in [0.1, 0.15) is 0 Å². The van der Waals surface area contributed by atoms with Crippen LogP contribution in [0.15, 0.2) is 52.6 Å². The van der Waals surface area contributed by atoms with Crippen LogP contribution in [0.4, 0.5) is 5.82 Å². The highest BCUT2D eigenvalue weighted by Gasteiger charge is 1.96. The Kier molecular flexibility index (Phi) is 2.65. The number of anilines is 1. The van der Waals surface area contributed by atoms with Gasteiger partial charge in [0.2, 0.25) is 0 Å². The fraction of sp³-hybridized carbons (Fsp3) is 0. The maximum absolute atomic E-state index is 5.49. The van der Waals surface area contributed by atoms with Crippen molar-refractivity contribution < 1.29 is 0 Å². The Bertz CT molecular complexity index is 399. The van der Waals surface area contributed by atoms with Gasteiger partial charge in [-0.25, -0.2) is 4.98 Å². The molecule has 0 fully saturated rings. The van der Waals surface area contributed by atoms with E-state index in [1.54, 1.807) is 36.4 Å². The van der Waals surface area contributed by atoms with Gasteiger partial charge in [-0.05, 0) is 24.3 Å². The lowest BCUT2D eigenvalue weighted by molar-refractivity contribution is 1.23. The second-order valence-corrected chi connectivity index (χ2v) is 3.85. The molecule has 0 spiro atoms. The van der Waals surface area contributed by atoms with E-state index in [1.807, 2.05) is 18.2 Å². The minimum Gasteiger partial charge on any atom is -0.384 e. The second-order valence-electron chi connectivity index (χ2n) is 2.70. The molecular formula is C10H9N3S. The van der Waals surface area contributed by atoms with Gasteiger partial charge >= 0.3 is 0 Å². The summed E-state index contributed by atoms with van der Waals surface area (Å²) in [6.45, 7) is 0. The molecule has 2 heterocycles. The van der Waals surface area contributed by atoms with Crippen molar-refractivity contribution in [2.75, 3.05) is 5.73 Å². The predicted molar refractivity (Wildman–Crippen MR) is 57.0 cm³/mol.